The highest BCUT2D eigenvalue weighted by atomic mass is 35.5. The largest absolute Gasteiger partial charge is 0.314 e. The van der Waals surface area contributed by atoms with E-state index in [0.717, 1.165) is 29.6 Å². The summed E-state index contributed by atoms with van der Waals surface area (Å²) < 4.78 is 14.9. The van der Waals surface area contributed by atoms with Gasteiger partial charge in [-0.25, -0.2) is 4.21 Å². The molecule has 1 fully saturated rings. The zero-order valence-electron chi connectivity index (χ0n) is 13.1. The molecule has 0 bridgehead atoms. The van der Waals surface area contributed by atoms with Gasteiger partial charge in [0.05, 0.1) is 21.0 Å². The maximum absolute atomic E-state index is 13.1. The van der Waals surface area contributed by atoms with E-state index in [4.69, 9.17) is 11.6 Å². The second kappa shape index (κ2) is 6.67. The van der Waals surface area contributed by atoms with E-state index < -0.39 is 11.0 Å². The second-order valence-corrected chi connectivity index (χ2v) is 7.77. The smallest absolute Gasteiger partial charge is 0.158 e. The van der Waals surface area contributed by atoms with E-state index in [1.807, 2.05) is 30.5 Å². The van der Waals surface area contributed by atoms with Crippen LogP contribution in [0.4, 0.5) is 0 Å². The second-order valence-electron chi connectivity index (χ2n) is 6.03. The van der Waals surface area contributed by atoms with Crippen molar-refractivity contribution in [2.75, 3.05) is 6.54 Å². The molecule has 1 N–H and O–H groups in total. The van der Waals surface area contributed by atoms with E-state index in [1.165, 1.54) is 12.8 Å². The van der Waals surface area contributed by atoms with Crippen LogP contribution in [0.3, 0.4) is 0 Å². The maximum atomic E-state index is 13.1. The average molecular weight is 360 g/mol. The first-order valence-corrected chi connectivity index (χ1v) is 9.57. The van der Waals surface area contributed by atoms with Gasteiger partial charge in [0.1, 0.15) is 0 Å². The van der Waals surface area contributed by atoms with E-state index in [2.05, 4.69) is 10.3 Å². The number of nitrogens with zero attached hydrogens (tertiary/aromatic N) is 2. The van der Waals surface area contributed by atoms with Crippen molar-refractivity contribution in [1.29, 1.82) is 0 Å². The molecule has 2 aromatic heterocycles. The third kappa shape index (κ3) is 2.88. The molecule has 6 heteroatoms. The molecule has 4 rings (SSSR count). The fourth-order valence-electron chi connectivity index (χ4n) is 3.27. The van der Waals surface area contributed by atoms with Gasteiger partial charge in [-0.3, -0.25) is 8.96 Å². The van der Waals surface area contributed by atoms with Crippen LogP contribution in [0.2, 0.25) is 5.02 Å². The zero-order valence-corrected chi connectivity index (χ0v) is 14.7. The van der Waals surface area contributed by atoms with E-state index in [-0.39, 0.29) is 0 Å². The van der Waals surface area contributed by atoms with Gasteiger partial charge in [-0.1, -0.05) is 23.7 Å². The van der Waals surface area contributed by atoms with Crippen molar-refractivity contribution in [1.82, 2.24) is 14.3 Å². The molecule has 0 amide bonds. The highest BCUT2D eigenvalue weighted by molar-refractivity contribution is 7.83. The molecule has 3 aromatic rings. The van der Waals surface area contributed by atoms with E-state index in [9.17, 15) is 4.21 Å². The molecule has 1 saturated heterocycles. The van der Waals surface area contributed by atoms with E-state index >= 15 is 0 Å². The SMILES string of the molecule is O=S(c1ccccc1Cl)n1cc(CC2CCCN2)c2ncccc21. The number of nitrogens with one attached hydrogen (secondary N) is 1. The van der Waals surface area contributed by atoms with Gasteiger partial charge in [-0.05, 0) is 55.6 Å². The van der Waals surface area contributed by atoms with Gasteiger partial charge in [-0.2, -0.15) is 0 Å². The molecular weight excluding hydrogens is 342 g/mol. The Labute approximate surface area is 148 Å². The molecule has 3 heterocycles. The van der Waals surface area contributed by atoms with Crippen molar-refractivity contribution in [3.05, 3.63) is 59.4 Å². The molecule has 0 aliphatic carbocycles. The minimum atomic E-state index is -1.39. The van der Waals surface area contributed by atoms with Gasteiger partial charge in [0.15, 0.2) is 11.0 Å². The van der Waals surface area contributed by atoms with Crippen LogP contribution in [0.1, 0.15) is 18.4 Å². The summed E-state index contributed by atoms with van der Waals surface area (Å²) in [6.45, 7) is 1.07. The lowest BCUT2D eigenvalue weighted by Crippen LogP contribution is -2.23. The third-order valence-electron chi connectivity index (χ3n) is 4.43. The molecule has 0 saturated carbocycles. The van der Waals surface area contributed by atoms with Crippen molar-refractivity contribution in [2.24, 2.45) is 0 Å². The molecule has 24 heavy (non-hydrogen) atoms. The first-order chi connectivity index (χ1) is 11.7. The molecule has 4 nitrogen and oxygen atoms in total. The van der Waals surface area contributed by atoms with Crippen molar-refractivity contribution in [2.45, 2.75) is 30.2 Å². The summed E-state index contributed by atoms with van der Waals surface area (Å²) in [6, 6.07) is 11.6. The lowest BCUT2D eigenvalue weighted by atomic mass is 10.1. The fraction of sp³-hybridized carbons (Fsp3) is 0.278. The Morgan fingerprint density at radius 2 is 2.17 bits per heavy atom. The minimum Gasteiger partial charge on any atom is -0.314 e. The fourth-order valence-corrected chi connectivity index (χ4v) is 4.79. The van der Waals surface area contributed by atoms with Crippen LogP contribution in [-0.4, -0.2) is 25.8 Å². The summed E-state index contributed by atoms with van der Waals surface area (Å²) in [7, 11) is -1.39. The first kappa shape index (κ1) is 15.8. The van der Waals surface area contributed by atoms with Gasteiger partial charge in [-0.15, -0.1) is 0 Å². The quantitative estimate of drug-likeness (QED) is 0.774. The molecule has 1 aliphatic rings. The topological polar surface area (TPSA) is 46.9 Å². The molecule has 0 radical (unpaired) electrons. The number of aromatic nitrogens is 2. The summed E-state index contributed by atoms with van der Waals surface area (Å²) in [5.74, 6) is 0. The van der Waals surface area contributed by atoms with Crippen LogP contribution in [0.5, 0.6) is 0 Å². The molecular formula is C18H18ClN3OS. The Balaban J connectivity index is 1.78. The number of rotatable bonds is 4. The summed E-state index contributed by atoms with van der Waals surface area (Å²) in [4.78, 5) is 5.14. The monoisotopic (exact) mass is 359 g/mol. The first-order valence-electron chi connectivity index (χ1n) is 8.09. The van der Waals surface area contributed by atoms with Crippen LogP contribution >= 0.6 is 11.6 Å². The lowest BCUT2D eigenvalue weighted by Gasteiger charge is -2.08. The third-order valence-corrected chi connectivity index (χ3v) is 6.27. The Kier molecular flexibility index (Phi) is 4.39. The van der Waals surface area contributed by atoms with Gasteiger partial charge in [0.2, 0.25) is 0 Å². The standard InChI is InChI=1S/C18H18ClN3OS/c19-15-6-1-2-8-17(15)24(23)22-12-13(11-14-5-3-9-20-14)18-16(22)7-4-10-21-18/h1-2,4,6-8,10,12,14,20H,3,5,9,11H2. The predicted octanol–water partition coefficient (Wildman–Crippen LogP) is 3.56. The van der Waals surface area contributed by atoms with E-state index in [1.54, 1.807) is 22.3 Å². The van der Waals surface area contributed by atoms with Crippen molar-refractivity contribution in [3.8, 4) is 0 Å². The summed E-state index contributed by atoms with van der Waals surface area (Å²) >= 11 is 6.23. The predicted molar refractivity (Wildman–Crippen MR) is 97.7 cm³/mol. The molecule has 2 atom stereocenters. The Bertz CT molecular complexity index is 902. The van der Waals surface area contributed by atoms with Crippen molar-refractivity contribution >= 4 is 33.6 Å². The summed E-state index contributed by atoms with van der Waals surface area (Å²) in [6.07, 6.45) is 7.05. The molecule has 124 valence electrons. The number of hydrogen-bond acceptors (Lipinski definition) is 3. The van der Waals surface area contributed by atoms with Crippen LogP contribution in [0.25, 0.3) is 11.0 Å². The highest BCUT2D eigenvalue weighted by Crippen LogP contribution is 2.27. The number of halogens is 1. The number of benzene rings is 1. The van der Waals surface area contributed by atoms with Crippen molar-refractivity contribution in [3.63, 3.8) is 0 Å². The molecule has 2 unspecified atom stereocenters. The Morgan fingerprint density at radius 1 is 1.29 bits per heavy atom. The summed E-state index contributed by atoms with van der Waals surface area (Å²) in [5, 5.41) is 4.03. The van der Waals surface area contributed by atoms with Crippen LogP contribution in [-0.2, 0) is 17.4 Å². The highest BCUT2D eigenvalue weighted by Gasteiger charge is 2.20. The maximum Gasteiger partial charge on any atom is 0.158 e. The van der Waals surface area contributed by atoms with E-state index in [0.29, 0.717) is 16.0 Å². The van der Waals surface area contributed by atoms with Crippen molar-refractivity contribution < 1.29 is 4.21 Å². The molecule has 1 aromatic carbocycles. The molecule has 1 aliphatic heterocycles. The summed E-state index contributed by atoms with van der Waals surface area (Å²) in [5.41, 5.74) is 2.93. The molecule has 0 spiro atoms. The normalized spacial score (nSPS) is 19.0. The average Bonchev–Trinajstić information content (AvgIpc) is 3.24. The van der Waals surface area contributed by atoms with Crippen LogP contribution < -0.4 is 5.32 Å². The van der Waals surface area contributed by atoms with Gasteiger partial charge in [0.25, 0.3) is 0 Å². The van der Waals surface area contributed by atoms with Gasteiger partial charge < -0.3 is 5.32 Å². The number of hydrogen-bond donors (Lipinski definition) is 1. The Morgan fingerprint density at radius 3 is 2.96 bits per heavy atom. The number of pyridine rings is 1. The van der Waals surface area contributed by atoms with Gasteiger partial charge >= 0.3 is 0 Å². The van der Waals surface area contributed by atoms with Gasteiger partial charge in [0, 0.05) is 18.4 Å². The lowest BCUT2D eigenvalue weighted by molar-refractivity contribution is 0.604. The van der Waals surface area contributed by atoms with Crippen LogP contribution in [0.15, 0.2) is 53.7 Å². The zero-order chi connectivity index (χ0) is 16.5. The number of fused-ring (bicyclic) bond motifs is 1. The minimum absolute atomic E-state index is 0.472. The Hall–Kier alpha value is -1.69. The van der Waals surface area contributed by atoms with Crippen LogP contribution in [0, 0.1) is 0 Å².